The summed E-state index contributed by atoms with van der Waals surface area (Å²) in [4.78, 5) is 24.7. The van der Waals surface area contributed by atoms with Gasteiger partial charge in [-0.2, -0.15) is 9.57 Å². The van der Waals surface area contributed by atoms with Crippen molar-refractivity contribution in [3.63, 3.8) is 0 Å². The number of piperidine rings is 1. The van der Waals surface area contributed by atoms with E-state index in [4.69, 9.17) is 0 Å². The molecule has 1 saturated carbocycles. The van der Waals surface area contributed by atoms with Crippen molar-refractivity contribution in [1.82, 2.24) is 4.31 Å². The number of nitrogens with zero attached hydrogens (tertiary/aromatic N) is 2. The molecule has 3 atom stereocenters. The van der Waals surface area contributed by atoms with Crippen molar-refractivity contribution >= 4 is 27.6 Å². The Bertz CT molecular complexity index is 933. The Morgan fingerprint density at radius 3 is 2.57 bits per heavy atom. The first-order valence-electron chi connectivity index (χ1n) is 9.19. The fourth-order valence-corrected chi connectivity index (χ4v) is 5.43. The van der Waals surface area contributed by atoms with Crippen molar-refractivity contribution in [2.75, 3.05) is 25.5 Å². The second kappa shape index (κ2) is 7.53. The minimum Gasteiger partial charge on any atom is -0.469 e. The summed E-state index contributed by atoms with van der Waals surface area (Å²) < 4.78 is 31.8. The fraction of sp³-hybridized carbons (Fsp3) is 0.526. The average Bonchev–Trinajstić information content (AvgIpc) is 3.33. The van der Waals surface area contributed by atoms with E-state index in [0.717, 1.165) is 19.3 Å². The highest BCUT2D eigenvalue weighted by molar-refractivity contribution is 7.89. The Kier molecular flexibility index (Phi) is 5.46. The van der Waals surface area contributed by atoms with Gasteiger partial charge in [0.1, 0.15) is 0 Å². The Hall–Kier alpha value is -2.44. The topological polar surface area (TPSA) is 117 Å². The van der Waals surface area contributed by atoms with E-state index in [1.54, 1.807) is 19.1 Å². The molecule has 1 aliphatic carbocycles. The quantitative estimate of drug-likeness (QED) is 0.746. The zero-order chi connectivity index (χ0) is 20.5. The summed E-state index contributed by atoms with van der Waals surface area (Å²) in [5.74, 6) is -2.55. The molecule has 150 valence electrons. The lowest BCUT2D eigenvalue weighted by Crippen LogP contribution is -2.35. The van der Waals surface area contributed by atoms with Crippen LogP contribution in [0.15, 0.2) is 29.2 Å². The standard InChI is InChI=1S/C19H23N3O5S/c1-13-16(17(23)27-2)19(13,12-20)18(24)21-14-7-6-8-15(11-14)28(25,26)22-9-4-3-5-10-22/h6-8,11,13,16H,3-5,9-10H2,1-2H3,(H,21,24)/t13-,16-,19+/m0/s1. The molecule has 1 heterocycles. The van der Waals surface area contributed by atoms with E-state index >= 15 is 0 Å². The number of esters is 1. The number of nitriles is 1. The minimum atomic E-state index is -3.64. The van der Waals surface area contributed by atoms with E-state index in [1.165, 1.54) is 23.5 Å². The number of hydrogen-bond donors (Lipinski definition) is 1. The summed E-state index contributed by atoms with van der Waals surface area (Å²) in [7, 11) is -2.43. The van der Waals surface area contributed by atoms with E-state index in [9.17, 15) is 23.3 Å². The Balaban J connectivity index is 1.81. The van der Waals surface area contributed by atoms with Gasteiger partial charge in [-0.05, 0) is 37.0 Å². The van der Waals surface area contributed by atoms with Crippen LogP contribution in [-0.2, 0) is 24.3 Å². The summed E-state index contributed by atoms with van der Waals surface area (Å²) in [5.41, 5.74) is -1.24. The molecule has 1 saturated heterocycles. The van der Waals surface area contributed by atoms with E-state index in [-0.39, 0.29) is 10.6 Å². The third-order valence-corrected chi connectivity index (χ3v) is 7.55. The SMILES string of the molecule is COC(=O)[C@@H]1[C@H](C)[C@@]1(C#N)C(=O)Nc1cccc(S(=O)(=O)N2CCCCC2)c1. The highest BCUT2D eigenvalue weighted by Crippen LogP contribution is 2.59. The van der Waals surface area contributed by atoms with Crippen molar-refractivity contribution in [2.24, 2.45) is 17.3 Å². The van der Waals surface area contributed by atoms with Gasteiger partial charge >= 0.3 is 5.97 Å². The Morgan fingerprint density at radius 1 is 1.29 bits per heavy atom. The minimum absolute atomic E-state index is 0.0894. The van der Waals surface area contributed by atoms with Gasteiger partial charge in [0.05, 0.1) is 24.0 Å². The van der Waals surface area contributed by atoms with E-state index < -0.39 is 39.2 Å². The van der Waals surface area contributed by atoms with Crippen LogP contribution < -0.4 is 5.32 Å². The number of amides is 1. The fourth-order valence-electron chi connectivity index (χ4n) is 3.87. The zero-order valence-electron chi connectivity index (χ0n) is 15.8. The largest absolute Gasteiger partial charge is 0.469 e. The number of ether oxygens (including phenoxy) is 1. The third-order valence-electron chi connectivity index (χ3n) is 5.66. The van der Waals surface area contributed by atoms with Crippen LogP contribution in [-0.4, -0.2) is 44.8 Å². The van der Waals surface area contributed by atoms with Crippen molar-refractivity contribution in [3.05, 3.63) is 24.3 Å². The molecule has 0 aromatic heterocycles. The van der Waals surface area contributed by atoms with Crippen LogP contribution in [0, 0.1) is 28.6 Å². The summed E-state index contributed by atoms with van der Waals surface area (Å²) in [6.45, 7) is 2.60. The number of methoxy groups -OCH3 is 1. The smallest absolute Gasteiger partial charge is 0.311 e. The zero-order valence-corrected chi connectivity index (χ0v) is 16.7. The molecule has 1 N–H and O–H groups in total. The molecule has 0 unspecified atom stereocenters. The molecule has 0 spiro atoms. The number of carbonyl (C=O) groups is 2. The van der Waals surface area contributed by atoms with E-state index in [0.29, 0.717) is 13.1 Å². The van der Waals surface area contributed by atoms with Gasteiger partial charge in [0.25, 0.3) is 0 Å². The maximum absolute atomic E-state index is 12.8. The molecule has 0 bridgehead atoms. The Labute approximate surface area is 164 Å². The summed E-state index contributed by atoms with van der Waals surface area (Å²) in [6.07, 6.45) is 2.66. The molecule has 1 aliphatic heterocycles. The van der Waals surface area contributed by atoms with Gasteiger partial charge in [0, 0.05) is 18.8 Å². The number of rotatable bonds is 5. The third kappa shape index (κ3) is 3.27. The number of carbonyl (C=O) groups excluding carboxylic acids is 2. The monoisotopic (exact) mass is 405 g/mol. The molecule has 2 fully saturated rings. The lowest BCUT2D eigenvalue weighted by atomic mass is 10.0. The van der Waals surface area contributed by atoms with Crippen LogP contribution in [0.25, 0.3) is 0 Å². The molecular weight excluding hydrogens is 382 g/mol. The molecule has 1 aromatic rings. The van der Waals surface area contributed by atoms with Gasteiger partial charge in [-0.1, -0.05) is 19.4 Å². The highest BCUT2D eigenvalue weighted by atomic mass is 32.2. The Morgan fingerprint density at radius 2 is 1.96 bits per heavy atom. The lowest BCUT2D eigenvalue weighted by Gasteiger charge is -2.26. The van der Waals surface area contributed by atoms with Crippen molar-refractivity contribution < 1.29 is 22.7 Å². The van der Waals surface area contributed by atoms with E-state index in [2.05, 4.69) is 10.1 Å². The molecule has 1 aromatic carbocycles. The molecular formula is C19H23N3O5S. The van der Waals surface area contributed by atoms with Gasteiger partial charge in [0.2, 0.25) is 15.9 Å². The molecule has 0 radical (unpaired) electrons. The summed E-state index contributed by atoms with van der Waals surface area (Å²) >= 11 is 0. The van der Waals surface area contributed by atoms with Gasteiger partial charge in [-0.25, -0.2) is 8.42 Å². The first-order chi connectivity index (χ1) is 13.3. The normalized spacial score (nSPS) is 27.5. The van der Waals surface area contributed by atoms with Crippen molar-refractivity contribution in [1.29, 1.82) is 5.26 Å². The molecule has 28 heavy (non-hydrogen) atoms. The lowest BCUT2D eigenvalue weighted by molar-refractivity contribution is -0.144. The van der Waals surface area contributed by atoms with Gasteiger partial charge in [-0.3, -0.25) is 9.59 Å². The molecule has 8 nitrogen and oxygen atoms in total. The number of anilines is 1. The van der Waals surface area contributed by atoms with Gasteiger partial charge < -0.3 is 10.1 Å². The van der Waals surface area contributed by atoms with E-state index in [1.807, 2.05) is 6.07 Å². The van der Waals surface area contributed by atoms with Gasteiger partial charge in [0.15, 0.2) is 5.41 Å². The van der Waals surface area contributed by atoms with Crippen molar-refractivity contribution in [3.8, 4) is 6.07 Å². The van der Waals surface area contributed by atoms with Crippen molar-refractivity contribution in [2.45, 2.75) is 31.1 Å². The summed E-state index contributed by atoms with van der Waals surface area (Å²) in [5, 5.41) is 12.1. The highest BCUT2D eigenvalue weighted by Gasteiger charge is 2.72. The van der Waals surface area contributed by atoms with Gasteiger partial charge in [-0.15, -0.1) is 0 Å². The molecule has 9 heteroatoms. The molecule has 2 aliphatic rings. The first kappa shape index (κ1) is 20.3. The second-order valence-electron chi connectivity index (χ2n) is 7.22. The number of sulfonamides is 1. The van der Waals surface area contributed by atoms with Crippen LogP contribution in [0.4, 0.5) is 5.69 Å². The average molecular weight is 405 g/mol. The van der Waals surface area contributed by atoms with Crippen LogP contribution in [0.3, 0.4) is 0 Å². The maximum atomic E-state index is 12.8. The predicted octanol–water partition coefficient (Wildman–Crippen LogP) is 1.75. The van der Waals surface area contributed by atoms with Crippen LogP contribution in [0.1, 0.15) is 26.2 Å². The number of hydrogen-bond acceptors (Lipinski definition) is 6. The van der Waals surface area contributed by atoms with Crippen LogP contribution >= 0.6 is 0 Å². The maximum Gasteiger partial charge on any atom is 0.311 e. The van der Waals surface area contributed by atoms with Crippen LogP contribution in [0.5, 0.6) is 0 Å². The summed E-state index contributed by atoms with van der Waals surface area (Å²) in [6, 6.07) is 7.90. The second-order valence-corrected chi connectivity index (χ2v) is 9.15. The van der Waals surface area contributed by atoms with Crippen LogP contribution in [0.2, 0.25) is 0 Å². The number of nitrogens with one attached hydrogen (secondary N) is 1. The molecule has 3 rings (SSSR count). The molecule has 1 amide bonds. The number of benzene rings is 1. The predicted molar refractivity (Wildman–Crippen MR) is 100 cm³/mol. The first-order valence-corrected chi connectivity index (χ1v) is 10.6.